The molecular formula is C17H20ClFN4. The Kier molecular flexibility index (Phi) is 4.66. The predicted octanol–water partition coefficient (Wildman–Crippen LogP) is 5.10. The van der Waals surface area contributed by atoms with Gasteiger partial charge in [-0.1, -0.05) is 18.5 Å². The molecule has 0 amide bonds. The lowest BCUT2D eigenvalue weighted by Gasteiger charge is -2.14. The van der Waals surface area contributed by atoms with Gasteiger partial charge in [0.25, 0.3) is 0 Å². The van der Waals surface area contributed by atoms with E-state index in [0.717, 1.165) is 12.1 Å². The van der Waals surface area contributed by atoms with Gasteiger partial charge in [-0.05, 0) is 44.4 Å². The molecule has 0 radical (unpaired) electrons. The van der Waals surface area contributed by atoms with Gasteiger partial charge in [-0.2, -0.15) is 4.98 Å². The highest BCUT2D eigenvalue weighted by molar-refractivity contribution is 6.31. The Morgan fingerprint density at radius 2 is 2.09 bits per heavy atom. The number of nitrogens with zero attached hydrogens (tertiary/aromatic N) is 2. The Labute approximate surface area is 140 Å². The molecule has 23 heavy (non-hydrogen) atoms. The zero-order valence-electron chi connectivity index (χ0n) is 13.2. The van der Waals surface area contributed by atoms with E-state index in [4.69, 9.17) is 11.6 Å². The van der Waals surface area contributed by atoms with Gasteiger partial charge in [-0.15, -0.1) is 0 Å². The van der Waals surface area contributed by atoms with Crippen LogP contribution in [0, 0.1) is 5.82 Å². The molecule has 1 aliphatic carbocycles. The van der Waals surface area contributed by atoms with Crippen LogP contribution in [0.5, 0.6) is 0 Å². The molecule has 0 bridgehead atoms. The number of nitrogens with one attached hydrogen (secondary N) is 2. The van der Waals surface area contributed by atoms with E-state index in [9.17, 15) is 4.39 Å². The second-order valence-electron chi connectivity index (χ2n) is 5.98. The van der Waals surface area contributed by atoms with Crippen molar-refractivity contribution in [1.29, 1.82) is 0 Å². The number of aromatic nitrogens is 2. The third-order valence-electron chi connectivity index (χ3n) is 3.92. The first kappa shape index (κ1) is 16.0. The SMILES string of the molecule is CC[C@H](C)Nc1nc(Nc2ccc(F)c(Cl)c2)cc(C2CC2)n1. The summed E-state index contributed by atoms with van der Waals surface area (Å²) in [6, 6.07) is 6.79. The van der Waals surface area contributed by atoms with Crippen LogP contribution >= 0.6 is 11.6 Å². The molecule has 1 atom stereocenters. The van der Waals surface area contributed by atoms with Crippen LogP contribution < -0.4 is 10.6 Å². The van der Waals surface area contributed by atoms with Crippen molar-refractivity contribution in [1.82, 2.24) is 9.97 Å². The largest absolute Gasteiger partial charge is 0.352 e. The molecule has 1 aromatic heterocycles. The fraction of sp³-hybridized carbons (Fsp3) is 0.412. The molecular weight excluding hydrogens is 315 g/mol. The van der Waals surface area contributed by atoms with Crippen LogP contribution in [0.1, 0.15) is 44.7 Å². The van der Waals surface area contributed by atoms with Crippen LogP contribution in [0.25, 0.3) is 0 Å². The van der Waals surface area contributed by atoms with E-state index in [1.54, 1.807) is 12.1 Å². The normalized spacial score (nSPS) is 15.3. The van der Waals surface area contributed by atoms with Crippen LogP contribution in [0.3, 0.4) is 0 Å². The van der Waals surface area contributed by atoms with Gasteiger partial charge in [0.15, 0.2) is 0 Å². The van der Waals surface area contributed by atoms with Gasteiger partial charge in [0.1, 0.15) is 11.6 Å². The number of hydrogen-bond donors (Lipinski definition) is 2. The molecule has 0 spiro atoms. The number of rotatable bonds is 6. The molecule has 0 saturated heterocycles. The quantitative estimate of drug-likeness (QED) is 0.771. The fourth-order valence-electron chi connectivity index (χ4n) is 2.23. The summed E-state index contributed by atoms with van der Waals surface area (Å²) in [6.07, 6.45) is 3.33. The first-order valence-corrected chi connectivity index (χ1v) is 8.30. The second kappa shape index (κ2) is 6.71. The Morgan fingerprint density at radius 3 is 2.74 bits per heavy atom. The van der Waals surface area contributed by atoms with E-state index in [0.29, 0.717) is 29.4 Å². The van der Waals surface area contributed by atoms with Crippen molar-refractivity contribution in [3.05, 3.63) is 40.8 Å². The van der Waals surface area contributed by atoms with E-state index in [1.807, 2.05) is 6.07 Å². The fourth-order valence-corrected chi connectivity index (χ4v) is 2.41. The molecule has 0 unspecified atom stereocenters. The van der Waals surface area contributed by atoms with Crippen molar-refractivity contribution < 1.29 is 4.39 Å². The summed E-state index contributed by atoms with van der Waals surface area (Å²) >= 11 is 5.83. The van der Waals surface area contributed by atoms with E-state index < -0.39 is 5.82 Å². The molecule has 1 aliphatic rings. The summed E-state index contributed by atoms with van der Waals surface area (Å²) < 4.78 is 13.3. The zero-order chi connectivity index (χ0) is 16.4. The standard InChI is InChI=1S/C17H20ClFN4/c1-3-10(2)20-17-22-15(11-4-5-11)9-16(23-17)21-12-6-7-14(19)13(18)8-12/h6-11H,3-5H2,1-2H3,(H2,20,21,22,23)/t10-/m0/s1. The van der Waals surface area contributed by atoms with Crippen molar-refractivity contribution in [2.24, 2.45) is 0 Å². The second-order valence-corrected chi connectivity index (χ2v) is 6.39. The van der Waals surface area contributed by atoms with Crippen LogP contribution in [0.4, 0.5) is 21.8 Å². The monoisotopic (exact) mass is 334 g/mol. The number of hydrogen-bond acceptors (Lipinski definition) is 4. The molecule has 1 fully saturated rings. The van der Waals surface area contributed by atoms with E-state index in [1.165, 1.54) is 18.9 Å². The van der Waals surface area contributed by atoms with Gasteiger partial charge >= 0.3 is 0 Å². The van der Waals surface area contributed by atoms with Crippen LogP contribution in [0.2, 0.25) is 5.02 Å². The lowest BCUT2D eigenvalue weighted by atomic mass is 10.2. The van der Waals surface area contributed by atoms with Crippen molar-refractivity contribution in [2.75, 3.05) is 10.6 Å². The molecule has 2 N–H and O–H groups in total. The number of halogens is 2. The Morgan fingerprint density at radius 1 is 1.30 bits per heavy atom. The Bertz CT molecular complexity index is 703. The molecule has 2 aromatic rings. The Hall–Kier alpha value is -1.88. The third kappa shape index (κ3) is 4.10. The smallest absolute Gasteiger partial charge is 0.225 e. The average Bonchev–Trinajstić information content (AvgIpc) is 3.35. The lowest BCUT2D eigenvalue weighted by molar-refractivity contribution is 0.628. The van der Waals surface area contributed by atoms with Gasteiger partial charge in [-0.25, -0.2) is 9.37 Å². The molecule has 1 saturated carbocycles. The van der Waals surface area contributed by atoms with E-state index in [-0.39, 0.29) is 5.02 Å². The highest BCUT2D eigenvalue weighted by Gasteiger charge is 2.26. The van der Waals surface area contributed by atoms with Crippen molar-refractivity contribution in [3.63, 3.8) is 0 Å². The zero-order valence-corrected chi connectivity index (χ0v) is 14.0. The molecule has 4 nitrogen and oxygen atoms in total. The molecule has 122 valence electrons. The summed E-state index contributed by atoms with van der Waals surface area (Å²) in [5.74, 6) is 1.40. The minimum Gasteiger partial charge on any atom is -0.352 e. The van der Waals surface area contributed by atoms with Crippen molar-refractivity contribution in [2.45, 2.75) is 45.1 Å². The first-order valence-electron chi connectivity index (χ1n) is 7.92. The Balaban J connectivity index is 1.86. The maximum atomic E-state index is 13.3. The van der Waals surface area contributed by atoms with Crippen LogP contribution in [-0.4, -0.2) is 16.0 Å². The predicted molar refractivity (Wildman–Crippen MR) is 92.1 cm³/mol. The minimum atomic E-state index is -0.433. The summed E-state index contributed by atoms with van der Waals surface area (Å²) in [5, 5.41) is 6.58. The van der Waals surface area contributed by atoms with Crippen molar-refractivity contribution in [3.8, 4) is 0 Å². The van der Waals surface area contributed by atoms with Gasteiger partial charge in [0.2, 0.25) is 5.95 Å². The van der Waals surface area contributed by atoms with E-state index in [2.05, 4.69) is 34.4 Å². The summed E-state index contributed by atoms with van der Waals surface area (Å²) in [7, 11) is 0. The molecule has 3 rings (SSSR count). The minimum absolute atomic E-state index is 0.0874. The molecule has 1 heterocycles. The summed E-state index contributed by atoms with van der Waals surface area (Å²) in [4.78, 5) is 9.12. The number of benzene rings is 1. The highest BCUT2D eigenvalue weighted by Crippen LogP contribution is 2.40. The first-order chi connectivity index (χ1) is 11.0. The van der Waals surface area contributed by atoms with Gasteiger partial charge in [0, 0.05) is 23.7 Å². The van der Waals surface area contributed by atoms with Gasteiger partial charge < -0.3 is 10.6 Å². The lowest BCUT2D eigenvalue weighted by Crippen LogP contribution is -2.16. The van der Waals surface area contributed by atoms with Gasteiger partial charge in [-0.3, -0.25) is 0 Å². The molecule has 6 heteroatoms. The topological polar surface area (TPSA) is 49.8 Å². The van der Waals surface area contributed by atoms with Crippen molar-refractivity contribution >= 4 is 29.1 Å². The van der Waals surface area contributed by atoms with Gasteiger partial charge in [0.05, 0.1) is 10.7 Å². The molecule has 1 aromatic carbocycles. The maximum Gasteiger partial charge on any atom is 0.225 e. The van der Waals surface area contributed by atoms with Crippen LogP contribution in [0.15, 0.2) is 24.3 Å². The maximum absolute atomic E-state index is 13.3. The van der Waals surface area contributed by atoms with Crippen LogP contribution in [-0.2, 0) is 0 Å². The molecule has 0 aliphatic heterocycles. The summed E-state index contributed by atoms with van der Waals surface area (Å²) in [6.45, 7) is 4.21. The summed E-state index contributed by atoms with van der Waals surface area (Å²) in [5.41, 5.74) is 1.74. The van der Waals surface area contributed by atoms with E-state index >= 15 is 0 Å². The average molecular weight is 335 g/mol. The third-order valence-corrected chi connectivity index (χ3v) is 4.21. The highest BCUT2D eigenvalue weighted by atomic mass is 35.5. The number of anilines is 3.